The van der Waals surface area contributed by atoms with Gasteiger partial charge in [-0.2, -0.15) is 15.0 Å². The lowest BCUT2D eigenvalue weighted by atomic mass is 9.92. The van der Waals surface area contributed by atoms with E-state index in [1.54, 1.807) is 0 Å². The number of ether oxygens (including phenoxy) is 1. The topological polar surface area (TPSA) is 89.2 Å². The summed E-state index contributed by atoms with van der Waals surface area (Å²) in [5, 5.41) is 3.19. The Bertz CT molecular complexity index is 710. The van der Waals surface area contributed by atoms with Crippen LogP contribution < -0.4 is 15.8 Å². The molecule has 0 amide bonds. The zero-order valence-electron chi connectivity index (χ0n) is 15.8. The lowest BCUT2D eigenvalue weighted by molar-refractivity contribution is 0.131. The van der Waals surface area contributed by atoms with Crippen LogP contribution in [-0.4, -0.2) is 39.5 Å². The SMILES string of the molecule is CCOc1ccc(Nc2nc(N)nc(CN3C[C@H](C)C[C@H](C)C3)n2)cc1. The highest BCUT2D eigenvalue weighted by atomic mass is 16.5. The Morgan fingerprint density at radius 2 is 1.81 bits per heavy atom. The van der Waals surface area contributed by atoms with E-state index >= 15 is 0 Å². The monoisotopic (exact) mass is 356 g/mol. The van der Waals surface area contributed by atoms with Crippen LogP contribution in [0.2, 0.25) is 0 Å². The third-order valence-corrected chi connectivity index (χ3v) is 4.43. The van der Waals surface area contributed by atoms with Gasteiger partial charge in [-0.05, 0) is 49.4 Å². The zero-order valence-corrected chi connectivity index (χ0v) is 15.8. The fourth-order valence-electron chi connectivity index (χ4n) is 3.62. The van der Waals surface area contributed by atoms with Gasteiger partial charge in [0, 0.05) is 18.8 Å². The van der Waals surface area contributed by atoms with Crippen LogP contribution in [-0.2, 0) is 6.54 Å². The van der Waals surface area contributed by atoms with Crippen LogP contribution in [0.1, 0.15) is 33.0 Å². The number of hydrogen-bond donors (Lipinski definition) is 2. The molecule has 1 aliphatic heterocycles. The first-order valence-corrected chi connectivity index (χ1v) is 9.24. The van der Waals surface area contributed by atoms with Gasteiger partial charge >= 0.3 is 0 Å². The molecular formula is C19H28N6O. The van der Waals surface area contributed by atoms with Gasteiger partial charge in [0.05, 0.1) is 13.2 Å². The molecule has 2 atom stereocenters. The number of benzene rings is 1. The van der Waals surface area contributed by atoms with Gasteiger partial charge in [0.15, 0.2) is 0 Å². The molecular weight excluding hydrogens is 328 g/mol. The third kappa shape index (κ3) is 5.05. The van der Waals surface area contributed by atoms with E-state index in [0.717, 1.165) is 24.5 Å². The summed E-state index contributed by atoms with van der Waals surface area (Å²) in [5.74, 6) is 3.63. The zero-order chi connectivity index (χ0) is 18.5. The molecule has 1 fully saturated rings. The Kier molecular flexibility index (Phi) is 5.88. The standard InChI is InChI=1S/C19H28N6O/c1-4-26-16-7-5-15(6-8-16)21-19-23-17(22-18(20)24-19)12-25-10-13(2)9-14(3)11-25/h5-8,13-14H,4,9-12H2,1-3H3,(H3,20,21,22,23,24)/t13-,14+. The molecule has 2 heterocycles. The maximum Gasteiger partial charge on any atom is 0.232 e. The van der Waals surface area contributed by atoms with Gasteiger partial charge < -0.3 is 15.8 Å². The first-order chi connectivity index (χ1) is 12.5. The molecule has 0 radical (unpaired) electrons. The number of hydrogen-bond acceptors (Lipinski definition) is 7. The van der Waals surface area contributed by atoms with Crippen molar-refractivity contribution in [2.45, 2.75) is 33.7 Å². The second kappa shape index (κ2) is 8.31. The Morgan fingerprint density at radius 1 is 1.12 bits per heavy atom. The lowest BCUT2D eigenvalue weighted by Gasteiger charge is -2.34. The molecule has 0 spiro atoms. The van der Waals surface area contributed by atoms with Crippen molar-refractivity contribution in [3.63, 3.8) is 0 Å². The van der Waals surface area contributed by atoms with Crippen molar-refractivity contribution in [1.29, 1.82) is 0 Å². The second-order valence-corrected chi connectivity index (χ2v) is 7.16. The van der Waals surface area contributed by atoms with Crippen LogP contribution in [0.25, 0.3) is 0 Å². The van der Waals surface area contributed by atoms with Crippen LogP contribution in [0.3, 0.4) is 0 Å². The predicted molar refractivity (Wildman–Crippen MR) is 103 cm³/mol. The highest BCUT2D eigenvalue weighted by molar-refractivity contribution is 5.55. The number of nitrogens with one attached hydrogen (secondary N) is 1. The molecule has 2 aromatic rings. The van der Waals surface area contributed by atoms with Crippen LogP contribution in [0.15, 0.2) is 24.3 Å². The molecule has 140 valence electrons. The second-order valence-electron chi connectivity index (χ2n) is 7.16. The Hall–Kier alpha value is -2.41. The minimum Gasteiger partial charge on any atom is -0.494 e. The summed E-state index contributed by atoms with van der Waals surface area (Å²) in [6, 6.07) is 7.68. The van der Waals surface area contributed by atoms with Crippen LogP contribution in [0.4, 0.5) is 17.6 Å². The summed E-state index contributed by atoms with van der Waals surface area (Å²) >= 11 is 0. The number of piperidine rings is 1. The van der Waals surface area contributed by atoms with Crippen LogP contribution >= 0.6 is 0 Å². The van der Waals surface area contributed by atoms with E-state index in [1.807, 2.05) is 31.2 Å². The number of nitrogens with two attached hydrogens (primary N) is 1. The number of likely N-dealkylation sites (tertiary alicyclic amines) is 1. The van der Waals surface area contributed by atoms with E-state index in [9.17, 15) is 0 Å². The smallest absolute Gasteiger partial charge is 0.232 e. The number of anilines is 3. The highest BCUT2D eigenvalue weighted by Crippen LogP contribution is 2.23. The number of aromatic nitrogens is 3. The van der Waals surface area contributed by atoms with E-state index in [-0.39, 0.29) is 5.95 Å². The summed E-state index contributed by atoms with van der Waals surface area (Å²) in [6.07, 6.45) is 1.28. The van der Waals surface area contributed by atoms with Crippen LogP contribution in [0, 0.1) is 11.8 Å². The maximum absolute atomic E-state index is 5.90. The van der Waals surface area contributed by atoms with E-state index in [2.05, 4.69) is 39.0 Å². The molecule has 0 bridgehead atoms. The fourth-order valence-corrected chi connectivity index (χ4v) is 3.62. The normalized spacial score (nSPS) is 20.7. The molecule has 0 aliphatic carbocycles. The van der Waals surface area contributed by atoms with Crippen molar-refractivity contribution < 1.29 is 4.74 Å². The number of rotatable bonds is 6. The maximum atomic E-state index is 5.90. The minimum absolute atomic E-state index is 0.238. The molecule has 7 heteroatoms. The molecule has 26 heavy (non-hydrogen) atoms. The van der Waals surface area contributed by atoms with Crippen LogP contribution in [0.5, 0.6) is 5.75 Å². The molecule has 7 nitrogen and oxygen atoms in total. The minimum atomic E-state index is 0.238. The Balaban J connectivity index is 1.69. The molecule has 1 aromatic heterocycles. The highest BCUT2D eigenvalue weighted by Gasteiger charge is 2.22. The van der Waals surface area contributed by atoms with E-state index in [0.29, 0.717) is 36.8 Å². The molecule has 3 rings (SSSR count). The number of nitrogen functional groups attached to an aromatic ring is 1. The third-order valence-electron chi connectivity index (χ3n) is 4.43. The van der Waals surface area contributed by atoms with Gasteiger partial charge in [-0.25, -0.2) is 0 Å². The molecule has 1 saturated heterocycles. The van der Waals surface area contributed by atoms with Crippen molar-refractivity contribution in [2.75, 3.05) is 30.7 Å². The largest absolute Gasteiger partial charge is 0.494 e. The van der Waals surface area contributed by atoms with Crippen molar-refractivity contribution in [2.24, 2.45) is 11.8 Å². The summed E-state index contributed by atoms with van der Waals surface area (Å²) < 4.78 is 5.46. The van der Waals surface area contributed by atoms with Gasteiger partial charge in [-0.15, -0.1) is 0 Å². The summed E-state index contributed by atoms with van der Waals surface area (Å²) in [6.45, 7) is 10.0. The number of nitrogens with zero attached hydrogens (tertiary/aromatic N) is 4. The van der Waals surface area contributed by atoms with Crippen molar-refractivity contribution >= 4 is 17.6 Å². The fraction of sp³-hybridized carbons (Fsp3) is 0.526. The average Bonchev–Trinajstić information content (AvgIpc) is 2.55. The van der Waals surface area contributed by atoms with Crippen molar-refractivity contribution in [1.82, 2.24) is 19.9 Å². The molecule has 1 aliphatic rings. The summed E-state index contributed by atoms with van der Waals surface area (Å²) in [5.41, 5.74) is 6.78. The average molecular weight is 356 g/mol. The predicted octanol–water partition coefficient (Wildman–Crippen LogP) is 3.07. The van der Waals surface area contributed by atoms with Gasteiger partial charge in [0.2, 0.25) is 11.9 Å². The van der Waals surface area contributed by atoms with Crippen molar-refractivity contribution in [3.05, 3.63) is 30.1 Å². The Morgan fingerprint density at radius 3 is 2.46 bits per heavy atom. The van der Waals surface area contributed by atoms with Gasteiger partial charge in [0.25, 0.3) is 0 Å². The first kappa shape index (κ1) is 18.4. The van der Waals surface area contributed by atoms with Gasteiger partial charge in [-0.3, -0.25) is 4.90 Å². The summed E-state index contributed by atoms with van der Waals surface area (Å²) in [4.78, 5) is 15.5. The summed E-state index contributed by atoms with van der Waals surface area (Å²) in [7, 11) is 0. The van der Waals surface area contributed by atoms with E-state index in [4.69, 9.17) is 10.5 Å². The molecule has 0 saturated carbocycles. The van der Waals surface area contributed by atoms with E-state index in [1.165, 1.54) is 6.42 Å². The quantitative estimate of drug-likeness (QED) is 0.822. The van der Waals surface area contributed by atoms with Crippen molar-refractivity contribution in [3.8, 4) is 5.75 Å². The van der Waals surface area contributed by atoms with Gasteiger partial charge in [-0.1, -0.05) is 13.8 Å². The molecule has 3 N–H and O–H groups in total. The van der Waals surface area contributed by atoms with E-state index < -0.39 is 0 Å². The lowest BCUT2D eigenvalue weighted by Crippen LogP contribution is -2.38. The van der Waals surface area contributed by atoms with Gasteiger partial charge in [0.1, 0.15) is 11.6 Å². The molecule has 1 aromatic carbocycles. The molecule has 0 unspecified atom stereocenters. The Labute approximate surface area is 155 Å². The first-order valence-electron chi connectivity index (χ1n) is 9.24.